The van der Waals surface area contributed by atoms with Crippen LogP contribution in [0.4, 0.5) is 0 Å². The fraction of sp³-hybridized carbons (Fsp3) is 0.172. The molecule has 0 saturated heterocycles. The van der Waals surface area contributed by atoms with Crippen molar-refractivity contribution in [2.45, 2.75) is 18.4 Å². The quantitative estimate of drug-likeness (QED) is 0.362. The van der Waals surface area contributed by atoms with Gasteiger partial charge in [-0.1, -0.05) is 103 Å². The van der Waals surface area contributed by atoms with E-state index in [0.717, 1.165) is 13.0 Å². The minimum atomic E-state index is -0.320. The normalized spacial score (nSPS) is 14.2. The third kappa shape index (κ3) is 2.89. The summed E-state index contributed by atoms with van der Waals surface area (Å²) in [5.41, 5.74) is 9.40. The number of benzene rings is 4. The van der Waals surface area contributed by atoms with Crippen molar-refractivity contribution in [2.24, 2.45) is 0 Å². The number of rotatable bonds is 4. The monoisotopic (exact) mass is 389 g/mol. The van der Waals surface area contributed by atoms with E-state index in [9.17, 15) is 0 Å². The topological polar surface area (TPSA) is 3.24 Å². The molecule has 0 radical (unpaired) electrons. The summed E-state index contributed by atoms with van der Waals surface area (Å²) in [6, 6.07) is 38.1. The van der Waals surface area contributed by atoms with Crippen LogP contribution in [0.15, 0.2) is 103 Å². The van der Waals surface area contributed by atoms with E-state index in [-0.39, 0.29) is 5.41 Å². The number of nitrogens with zero attached hydrogens (tertiary/aromatic N) is 1. The van der Waals surface area contributed by atoms with Gasteiger partial charge in [-0.2, -0.15) is 0 Å². The van der Waals surface area contributed by atoms with Gasteiger partial charge < -0.3 is 4.90 Å². The molecule has 148 valence electrons. The lowest BCUT2D eigenvalue weighted by Gasteiger charge is -2.43. The van der Waals surface area contributed by atoms with Crippen LogP contribution in [0.1, 0.15) is 38.9 Å². The third-order valence-corrected chi connectivity index (χ3v) is 6.34. The van der Waals surface area contributed by atoms with Crippen LogP contribution in [0.3, 0.4) is 0 Å². The van der Waals surface area contributed by atoms with Gasteiger partial charge in [-0.05, 0) is 59.5 Å². The van der Waals surface area contributed by atoms with Crippen LogP contribution in [0.5, 0.6) is 0 Å². The van der Waals surface area contributed by atoms with Crippen molar-refractivity contribution >= 4 is 0 Å². The van der Waals surface area contributed by atoms with Crippen molar-refractivity contribution in [3.8, 4) is 0 Å². The fourth-order valence-electron chi connectivity index (χ4n) is 5.24. The maximum Gasteiger partial charge on any atom is 0.0710 e. The van der Waals surface area contributed by atoms with E-state index in [1.807, 2.05) is 0 Å². The molecule has 0 aromatic heterocycles. The smallest absolute Gasteiger partial charge is 0.0710 e. The summed E-state index contributed by atoms with van der Waals surface area (Å²) >= 11 is 0. The predicted molar refractivity (Wildman–Crippen MR) is 125 cm³/mol. The van der Waals surface area contributed by atoms with E-state index in [0.29, 0.717) is 0 Å². The SMILES string of the molecule is CN(C)Cc1ccccc1C1(c2ccccc2)c2ccccc2Cc2ccccc21. The van der Waals surface area contributed by atoms with E-state index in [2.05, 4.69) is 122 Å². The summed E-state index contributed by atoms with van der Waals surface area (Å²) in [5.74, 6) is 0. The van der Waals surface area contributed by atoms with Crippen LogP contribution >= 0.6 is 0 Å². The molecule has 1 aliphatic carbocycles. The maximum atomic E-state index is 2.34. The minimum absolute atomic E-state index is 0.320. The Kier molecular flexibility index (Phi) is 4.77. The van der Waals surface area contributed by atoms with Gasteiger partial charge in [0, 0.05) is 6.54 Å². The number of fused-ring (bicyclic) bond motifs is 2. The Labute approximate surface area is 179 Å². The highest BCUT2D eigenvalue weighted by molar-refractivity contribution is 5.67. The lowest BCUT2D eigenvalue weighted by Crippen LogP contribution is -2.37. The molecule has 1 aliphatic rings. The maximum absolute atomic E-state index is 2.34. The summed E-state index contributed by atoms with van der Waals surface area (Å²) in [5, 5.41) is 0. The zero-order valence-corrected chi connectivity index (χ0v) is 17.7. The molecule has 4 aromatic carbocycles. The number of hydrogen-bond acceptors (Lipinski definition) is 1. The molecule has 30 heavy (non-hydrogen) atoms. The van der Waals surface area contributed by atoms with Gasteiger partial charge in [0.2, 0.25) is 0 Å². The molecule has 0 bridgehead atoms. The van der Waals surface area contributed by atoms with Crippen molar-refractivity contribution in [3.63, 3.8) is 0 Å². The second kappa shape index (κ2) is 7.59. The molecule has 0 unspecified atom stereocenters. The molecule has 4 aromatic rings. The Morgan fingerprint density at radius 2 is 1.10 bits per heavy atom. The van der Waals surface area contributed by atoms with Crippen LogP contribution in [-0.4, -0.2) is 19.0 Å². The van der Waals surface area contributed by atoms with Crippen LogP contribution in [0.2, 0.25) is 0 Å². The molecular weight excluding hydrogens is 362 g/mol. The molecule has 0 atom stereocenters. The van der Waals surface area contributed by atoms with Crippen molar-refractivity contribution in [1.29, 1.82) is 0 Å². The average molecular weight is 390 g/mol. The molecule has 0 spiro atoms. The Bertz CT molecular complexity index is 1130. The minimum Gasteiger partial charge on any atom is -0.305 e. The Balaban J connectivity index is 1.94. The molecule has 0 saturated carbocycles. The molecule has 0 heterocycles. The Morgan fingerprint density at radius 1 is 0.600 bits per heavy atom. The van der Waals surface area contributed by atoms with E-state index in [1.54, 1.807) is 0 Å². The Morgan fingerprint density at radius 3 is 1.70 bits per heavy atom. The van der Waals surface area contributed by atoms with Crippen molar-refractivity contribution in [3.05, 3.63) is 142 Å². The van der Waals surface area contributed by atoms with E-state index in [4.69, 9.17) is 0 Å². The van der Waals surface area contributed by atoms with E-state index >= 15 is 0 Å². The summed E-state index contributed by atoms with van der Waals surface area (Å²) in [6.45, 7) is 0.912. The zero-order valence-electron chi connectivity index (χ0n) is 17.7. The highest BCUT2D eigenvalue weighted by Gasteiger charge is 2.44. The van der Waals surface area contributed by atoms with Gasteiger partial charge in [-0.3, -0.25) is 0 Å². The Hall–Kier alpha value is -3.16. The second-order valence-corrected chi connectivity index (χ2v) is 8.50. The molecule has 1 heteroatoms. The van der Waals surface area contributed by atoms with E-state index in [1.165, 1.54) is 38.9 Å². The van der Waals surface area contributed by atoms with Crippen molar-refractivity contribution in [1.82, 2.24) is 4.90 Å². The van der Waals surface area contributed by atoms with Crippen LogP contribution < -0.4 is 0 Å². The lowest BCUT2D eigenvalue weighted by molar-refractivity contribution is 0.399. The number of hydrogen-bond donors (Lipinski definition) is 0. The van der Waals surface area contributed by atoms with Crippen molar-refractivity contribution in [2.75, 3.05) is 14.1 Å². The molecule has 5 rings (SSSR count). The van der Waals surface area contributed by atoms with Gasteiger partial charge in [-0.25, -0.2) is 0 Å². The largest absolute Gasteiger partial charge is 0.305 e. The van der Waals surface area contributed by atoms with Crippen LogP contribution in [0.25, 0.3) is 0 Å². The summed E-state index contributed by atoms with van der Waals surface area (Å²) in [7, 11) is 4.30. The first-order valence-electron chi connectivity index (χ1n) is 10.7. The summed E-state index contributed by atoms with van der Waals surface area (Å²) in [6.07, 6.45) is 0.983. The van der Waals surface area contributed by atoms with Gasteiger partial charge in [0.05, 0.1) is 5.41 Å². The van der Waals surface area contributed by atoms with Crippen LogP contribution in [-0.2, 0) is 18.4 Å². The first kappa shape index (κ1) is 18.8. The lowest BCUT2D eigenvalue weighted by atomic mass is 9.59. The zero-order chi connectivity index (χ0) is 20.6. The molecule has 0 fully saturated rings. The van der Waals surface area contributed by atoms with Gasteiger partial charge in [0.25, 0.3) is 0 Å². The van der Waals surface area contributed by atoms with Crippen molar-refractivity contribution < 1.29 is 0 Å². The second-order valence-electron chi connectivity index (χ2n) is 8.50. The van der Waals surface area contributed by atoms with Gasteiger partial charge >= 0.3 is 0 Å². The molecule has 0 aliphatic heterocycles. The molecular formula is C29H27N. The summed E-state index contributed by atoms with van der Waals surface area (Å²) in [4.78, 5) is 2.26. The first-order chi connectivity index (χ1) is 14.7. The standard InChI is InChI=1S/C29H27N/c1-30(2)21-24-14-8-11-19-28(24)29(25-15-4-3-5-16-25)26-17-9-6-12-22(26)20-23-13-7-10-18-27(23)29/h3-19H,20-21H2,1-2H3. The average Bonchev–Trinajstić information content (AvgIpc) is 2.78. The van der Waals surface area contributed by atoms with Gasteiger partial charge in [0.15, 0.2) is 0 Å². The van der Waals surface area contributed by atoms with Gasteiger partial charge in [0.1, 0.15) is 0 Å². The molecule has 0 amide bonds. The first-order valence-corrected chi connectivity index (χ1v) is 10.7. The van der Waals surface area contributed by atoms with Gasteiger partial charge in [-0.15, -0.1) is 0 Å². The highest BCUT2D eigenvalue weighted by Crippen LogP contribution is 2.51. The fourth-order valence-corrected chi connectivity index (χ4v) is 5.24. The van der Waals surface area contributed by atoms with E-state index < -0.39 is 0 Å². The highest BCUT2D eigenvalue weighted by atomic mass is 15.0. The third-order valence-electron chi connectivity index (χ3n) is 6.34. The molecule has 0 N–H and O–H groups in total. The summed E-state index contributed by atoms with van der Waals surface area (Å²) < 4.78 is 0. The molecule has 1 nitrogen and oxygen atoms in total. The van der Waals surface area contributed by atoms with Crippen LogP contribution in [0, 0.1) is 0 Å². The predicted octanol–water partition coefficient (Wildman–Crippen LogP) is 6.04.